The first-order valence-electron chi connectivity index (χ1n) is 12.3. The van der Waals surface area contributed by atoms with Crippen LogP contribution >= 0.6 is 0 Å². The van der Waals surface area contributed by atoms with Gasteiger partial charge in [-0.3, -0.25) is 10.1 Å². The maximum atomic E-state index is 12.3. The van der Waals surface area contributed by atoms with Crippen LogP contribution in [-0.2, 0) is 14.2 Å². The van der Waals surface area contributed by atoms with Crippen molar-refractivity contribution < 1.29 is 23.8 Å². The van der Waals surface area contributed by atoms with Crippen LogP contribution in [-0.4, -0.2) is 94.1 Å². The van der Waals surface area contributed by atoms with Gasteiger partial charge in [0.05, 0.1) is 50.1 Å². The topological polar surface area (TPSA) is 119 Å². The summed E-state index contributed by atoms with van der Waals surface area (Å²) in [6, 6.07) is 7.36. The second-order valence-corrected chi connectivity index (χ2v) is 9.01. The minimum Gasteiger partial charge on any atom is -0.378 e. The maximum absolute atomic E-state index is 12.3. The van der Waals surface area contributed by atoms with Crippen LogP contribution in [0.1, 0.15) is 0 Å². The van der Waals surface area contributed by atoms with Gasteiger partial charge in [0.2, 0.25) is 0 Å². The lowest BCUT2D eigenvalue weighted by molar-refractivity contribution is -0.384. The lowest BCUT2D eigenvalue weighted by Crippen LogP contribution is -2.40. The first-order chi connectivity index (χ1) is 17.7. The van der Waals surface area contributed by atoms with Gasteiger partial charge < -0.3 is 28.9 Å². The van der Waals surface area contributed by atoms with Crippen LogP contribution < -0.4 is 14.7 Å². The molecule has 36 heavy (non-hydrogen) atoms. The van der Waals surface area contributed by atoms with Crippen LogP contribution in [0.15, 0.2) is 28.9 Å². The number of fused-ring (bicyclic) bond motifs is 1. The quantitative estimate of drug-likeness (QED) is 0.382. The zero-order valence-electron chi connectivity index (χ0n) is 19.9. The number of anilines is 3. The molecule has 6 rings (SSSR count). The summed E-state index contributed by atoms with van der Waals surface area (Å²) in [5, 5.41) is 20.4. The number of nitrogens with zero attached hydrogens (tertiary/aromatic N) is 6. The number of rotatable bonds is 5. The van der Waals surface area contributed by atoms with Gasteiger partial charge >= 0.3 is 0 Å². The van der Waals surface area contributed by atoms with Crippen molar-refractivity contribution in [3.8, 4) is 11.1 Å². The second kappa shape index (κ2) is 9.88. The molecule has 3 saturated heterocycles. The first-order valence-corrected chi connectivity index (χ1v) is 12.3. The second-order valence-electron chi connectivity index (χ2n) is 9.01. The van der Waals surface area contributed by atoms with Crippen LogP contribution in [0.5, 0.6) is 0 Å². The Morgan fingerprint density at radius 2 is 1.25 bits per heavy atom. The number of nitro benzene ring substituents is 1. The molecule has 0 spiro atoms. The van der Waals surface area contributed by atoms with Crippen molar-refractivity contribution in [1.82, 2.24) is 10.3 Å². The molecule has 0 bridgehead atoms. The summed E-state index contributed by atoms with van der Waals surface area (Å²) >= 11 is 0. The molecule has 12 nitrogen and oxygen atoms in total. The van der Waals surface area contributed by atoms with Gasteiger partial charge in [-0.1, -0.05) is 0 Å². The Morgan fingerprint density at radius 1 is 0.722 bits per heavy atom. The van der Waals surface area contributed by atoms with Gasteiger partial charge in [0.25, 0.3) is 5.69 Å². The minimum absolute atomic E-state index is 0.0265. The Hall–Kier alpha value is -3.48. The molecule has 0 saturated carbocycles. The van der Waals surface area contributed by atoms with E-state index in [4.69, 9.17) is 18.8 Å². The zero-order chi connectivity index (χ0) is 24.5. The highest BCUT2D eigenvalue weighted by Gasteiger charge is 2.32. The molecular formula is C24H28N6O6. The summed E-state index contributed by atoms with van der Waals surface area (Å²) in [6.07, 6.45) is 0. The summed E-state index contributed by atoms with van der Waals surface area (Å²) in [6.45, 7) is 7.99. The molecule has 2 aromatic carbocycles. The predicted molar refractivity (Wildman–Crippen MR) is 133 cm³/mol. The van der Waals surface area contributed by atoms with E-state index in [9.17, 15) is 10.1 Å². The number of ether oxygens (including phenoxy) is 3. The molecule has 3 aromatic rings. The third-order valence-electron chi connectivity index (χ3n) is 7.01. The highest BCUT2D eigenvalue weighted by molar-refractivity contribution is 6.05. The highest BCUT2D eigenvalue weighted by atomic mass is 16.6. The average Bonchev–Trinajstić information content (AvgIpc) is 3.42. The van der Waals surface area contributed by atoms with E-state index in [-0.39, 0.29) is 10.6 Å². The fourth-order valence-electron chi connectivity index (χ4n) is 5.20. The van der Waals surface area contributed by atoms with Gasteiger partial charge in [0.15, 0.2) is 0 Å². The molecule has 1 aromatic heterocycles. The van der Waals surface area contributed by atoms with Gasteiger partial charge in [-0.25, -0.2) is 4.63 Å². The van der Waals surface area contributed by atoms with Crippen molar-refractivity contribution in [2.45, 2.75) is 0 Å². The molecule has 3 aliphatic rings. The largest absolute Gasteiger partial charge is 0.378 e. The van der Waals surface area contributed by atoms with Gasteiger partial charge in [0, 0.05) is 68.0 Å². The normalized spacial score (nSPS) is 19.2. The van der Waals surface area contributed by atoms with Gasteiger partial charge in [-0.15, -0.1) is 0 Å². The van der Waals surface area contributed by atoms with Gasteiger partial charge in [0.1, 0.15) is 11.0 Å². The van der Waals surface area contributed by atoms with E-state index in [1.807, 2.05) is 0 Å². The van der Waals surface area contributed by atoms with E-state index >= 15 is 0 Å². The molecule has 3 aliphatic heterocycles. The number of hydrogen-bond acceptors (Lipinski definition) is 11. The summed E-state index contributed by atoms with van der Waals surface area (Å²) in [5.41, 5.74) is 4.93. The standard InChI is InChI=1S/C24H28N6O6/c31-30(32)19-2-1-18-24(26-36-25-18)23(19)22-20(28-5-11-34-12-6-28)15-17(27-3-9-33-10-4-27)16-21(22)29-7-13-35-14-8-29/h1-2,15-16H,3-14H2. The van der Waals surface area contributed by atoms with Gasteiger partial charge in [-0.05, 0) is 28.5 Å². The molecule has 0 radical (unpaired) electrons. The van der Waals surface area contributed by atoms with E-state index in [2.05, 4.69) is 37.1 Å². The molecular weight excluding hydrogens is 468 g/mol. The number of aromatic nitrogens is 2. The smallest absolute Gasteiger partial charge is 0.279 e. The van der Waals surface area contributed by atoms with Gasteiger partial charge in [-0.2, -0.15) is 0 Å². The lowest BCUT2D eigenvalue weighted by Gasteiger charge is -2.37. The van der Waals surface area contributed by atoms with E-state index in [0.717, 1.165) is 35.7 Å². The summed E-state index contributed by atoms with van der Waals surface area (Å²) in [5.74, 6) is 0. The molecule has 0 unspecified atom stereocenters. The van der Waals surface area contributed by atoms with Crippen molar-refractivity contribution in [1.29, 1.82) is 0 Å². The third kappa shape index (κ3) is 4.21. The SMILES string of the molecule is O=[N+]([O-])c1ccc2nonc2c1-c1c(N2CCOCC2)cc(N2CCOCC2)cc1N1CCOCC1. The fraction of sp³-hybridized carbons (Fsp3) is 0.500. The maximum Gasteiger partial charge on any atom is 0.279 e. The average molecular weight is 497 g/mol. The number of hydrogen-bond donors (Lipinski definition) is 0. The van der Waals surface area contributed by atoms with E-state index in [0.29, 0.717) is 82.4 Å². The molecule has 12 heteroatoms. The van der Waals surface area contributed by atoms with Crippen molar-refractivity contribution in [3.05, 3.63) is 34.4 Å². The fourth-order valence-corrected chi connectivity index (χ4v) is 5.20. The third-order valence-corrected chi connectivity index (χ3v) is 7.01. The number of morpholine rings is 3. The van der Waals surface area contributed by atoms with Crippen LogP contribution in [0.3, 0.4) is 0 Å². The van der Waals surface area contributed by atoms with Crippen molar-refractivity contribution in [2.75, 3.05) is 93.6 Å². The Labute approximate surface area is 207 Å². The Bertz CT molecular complexity index is 1210. The summed E-state index contributed by atoms with van der Waals surface area (Å²) in [7, 11) is 0. The first kappa shape index (κ1) is 23.0. The highest BCUT2D eigenvalue weighted by Crippen LogP contribution is 2.48. The summed E-state index contributed by atoms with van der Waals surface area (Å²) < 4.78 is 21.9. The lowest BCUT2D eigenvalue weighted by atomic mass is 9.95. The van der Waals surface area contributed by atoms with Crippen LogP contribution in [0.2, 0.25) is 0 Å². The van der Waals surface area contributed by atoms with Crippen molar-refractivity contribution >= 4 is 33.8 Å². The summed E-state index contributed by atoms with van der Waals surface area (Å²) in [4.78, 5) is 18.8. The van der Waals surface area contributed by atoms with Crippen LogP contribution in [0, 0.1) is 10.1 Å². The van der Waals surface area contributed by atoms with Crippen LogP contribution in [0.25, 0.3) is 22.2 Å². The Morgan fingerprint density at radius 3 is 1.78 bits per heavy atom. The molecule has 0 N–H and O–H groups in total. The molecule has 0 amide bonds. The van der Waals surface area contributed by atoms with E-state index < -0.39 is 0 Å². The molecule has 3 fully saturated rings. The van der Waals surface area contributed by atoms with E-state index in [1.165, 1.54) is 6.07 Å². The Kier molecular flexibility index (Phi) is 6.30. The van der Waals surface area contributed by atoms with Crippen molar-refractivity contribution in [3.63, 3.8) is 0 Å². The number of nitro groups is 1. The van der Waals surface area contributed by atoms with Crippen molar-refractivity contribution in [2.24, 2.45) is 0 Å². The number of benzene rings is 2. The minimum atomic E-state index is -0.356. The Balaban J connectivity index is 1.64. The zero-order valence-corrected chi connectivity index (χ0v) is 19.9. The van der Waals surface area contributed by atoms with Crippen LogP contribution in [0.4, 0.5) is 22.7 Å². The predicted octanol–water partition coefficient (Wildman–Crippen LogP) is 2.31. The molecule has 190 valence electrons. The monoisotopic (exact) mass is 496 g/mol. The molecule has 4 heterocycles. The van der Waals surface area contributed by atoms with E-state index in [1.54, 1.807) is 6.07 Å². The molecule has 0 atom stereocenters. The molecule has 0 aliphatic carbocycles.